The maximum atomic E-state index is 12.6. The lowest BCUT2D eigenvalue weighted by molar-refractivity contribution is -0.205. The van der Waals surface area contributed by atoms with E-state index in [9.17, 15) is 19.9 Å². The third-order valence-corrected chi connectivity index (χ3v) is 7.51. The molecule has 0 aromatic heterocycles. The molecule has 0 aromatic rings. The minimum atomic E-state index is -1.39. The third-order valence-electron chi connectivity index (χ3n) is 4.60. The maximum Gasteiger partial charge on any atom is 0.136 e. The molecule has 9 atom stereocenters. The number of fused-ring (bicyclic) bond motifs is 2. The molecule has 6 nitrogen and oxygen atoms in total. The van der Waals surface area contributed by atoms with Gasteiger partial charge in [-0.3, -0.25) is 0 Å². The fourth-order valence-corrected chi connectivity index (χ4v) is 5.01. The van der Waals surface area contributed by atoms with Crippen molar-refractivity contribution in [2.45, 2.75) is 80.0 Å². The number of hydrogen-bond acceptors (Lipinski definition) is 7. The summed E-state index contributed by atoms with van der Waals surface area (Å²) in [5, 5.41) is 30.9. The van der Waals surface area contributed by atoms with Crippen molar-refractivity contribution in [3.8, 4) is 12.3 Å². The van der Waals surface area contributed by atoms with Gasteiger partial charge in [-0.05, 0) is 33.1 Å². The summed E-state index contributed by atoms with van der Waals surface area (Å²) in [5.41, 5.74) is -0.773. The standard InChI is InChI=1S/C18H29NO5S2/c1-6-11-9-7-8-10(2)12(19-26(23)18(3,4)5)16-14(21)13(20)15(22)17(24-16)25-11/h1,7-8,10-17,19-22H,9H2,2-5H3/t10-,11-,12-,13+,14-,15-,16-,17-,26-/m1/s1. The van der Waals surface area contributed by atoms with Crippen LogP contribution < -0.4 is 4.72 Å². The van der Waals surface area contributed by atoms with Crippen LogP contribution in [0.1, 0.15) is 34.1 Å². The van der Waals surface area contributed by atoms with E-state index in [0.29, 0.717) is 6.42 Å². The number of hydrogen-bond donors (Lipinski definition) is 4. The number of nitrogens with one attached hydrogen (secondary N) is 1. The summed E-state index contributed by atoms with van der Waals surface area (Å²) in [6.07, 6.45) is 5.30. The van der Waals surface area contributed by atoms with Gasteiger partial charge in [-0.25, -0.2) is 0 Å². The Balaban J connectivity index is 2.36. The third kappa shape index (κ3) is 4.97. The summed E-state index contributed by atoms with van der Waals surface area (Å²) in [4.78, 5) is 0. The topological polar surface area (TPSA) is 105 Å². The van der Waals surface area contributed by atoms with E-state index >= 15 is 0 Å². The van der Waals surface area contributed by atoms with Gasteiger partial charge in [-0.1, -0.05) is 25.0 Å². The molecular weight excluding hydrogens is 374 g/mol. The largest absolute Gasteiger partial charge is 0.598 e. The average molecular weight is 404 g/mol. The zero-order chi connectivity index (χ0) is 19.6. The molecule has 0 radical (unpaired) electrons. The summed E-state index contributed by atoms with van der Waals surface area (Å²) in [5.74, 6) is 2.53. The molecule has 0 spiro atoms. The molecule has 26 heavy (non-hydrogen) atoms. The minimum Gasteiger partial charge on any atom is -0.598 e. The Morgan fingerprint density at radius 1 is 1.27 bits per heavy atom. The number of rotatable bonds is 2. The molecule has 2 aliphatic rings. The van der Waals surface area contributed by atoms with Gasteiger partial charge in [0.05, 0.1) is 11.3 Å². The molecule has 2 heterocycles. The molecule has 0 amide bonds. The van der Waals surface area contributed by atoms with E-state index < -0.39 is 52.0 Å². The number of terminal acetylenes is 1. The highest BCUT2D eigenvalue weighted by molar-refractivity contribution is 8.00. The predicted octanol–water partition coefficient (Wildman–Crippen LogP) is 0.545. The van der Waals surface area contributed by atoms with E-state index in [1.54, 1.807) is 0 Å². The van der Waals surface area contributed by atoms with E-state index in [1.165, 1.54) is 11.8 Å². The molecule has 8 heteroatoms. The minimum absolute atomic E-state index is 0.134. The highest BCUT2D eigenvalue weighted by atomic mass is 32.2. The molecule has 0 unspecified atom stereocenters. The summed E-state index contributed by atoms with van der Waals surface area (Å²) in [7, 11) is 0. The van der Waals surface area contributed by atoms with Crippen LogP contribution in [0.15, 0.2) is 12.2 Å². The highest BCUT2D eigenvalue weighted by Crippen LogP contribution is 2.36. The molecule has 2 bridgehead atoms. The van der Waals surface area contributed by atoms with Crippen LogP contribution in [0.2, 0.25) is 0 Å². The number of aliphatic hydroxyl groups excluding tert-OH is 3. The molecule has 0 aliphatic carbocycles. The first-order valence-corrected chi connectivity index (χ1v) is 10.8. The first-order valence-electron chi connectivity index (χ1n) is 8.72. The van der Waals surface area contributed by atoms with Crippen LogP contribution in [-0.2, 0) is 16.1 Å². The van der Waals surface area contributed by atoms with Crippen molar-refractivity contribution < 1.29 is 24.6 Å². The molecule has 1 fully saturated rings. The van der Waals surface area contributed by atoms with Crippen LogP contribution in [0, 0.1) is 18.3 Å². The maximum absolute atomic E-state index is 12.6. The molecular formula is C18H29NO5S2. The lowest BCUT2D eigenvalue weighted by Crippen LogP contribution is -2.64. The van der Waals surface area contributed by atoms with Crippen LogP contribution in [-0.4, -0.2) is 65.8 Å². The van der Waals surface area contributed by atoms with Gasteiger partial charge in [0.15, 0.2) is 0 Å². The Bertz CT molecular complexity index is 547. The SMILES string of the molecule is C#C[C@@H]1CC=C[C@@H](C)[C@@H](N[S@+]([O-])C(C)(C)C)[C@H]2O[C@H](S1)[C@H](O)[C@@H](O)[C@H]2O. The van der Waals surface area contributed by atoms with Crippen LogP contribution in [0.3, 0.4) is 0 Å². The second-order valence-corrected chi connectivity index (χ2v) is 11.1. The Hall–Kier alpha value is -0.240. The van der Waals surface area contributed by atoms with Crippen LogP contribution in [0.25, 0.3) is 0 Å². The number of allylic oxidation sites excluding steroid dienone is 1. The number of thioether (sulfide) groups is 1. The van der Waals surface area contributed by atoms with Gasteiger partial charge in [-0.15, -0.1) is 22.9 Å². The fraction of sp³-hybridized carbons (Fsp3) is 0.778. The van der Waals surface area contributed by atoms with Crippen molar-refractivity contribution in [1.29, 1.82) is 0 Å². The van der Waals surface area contributed by atoms with Gasteiger partial charge in [-0.2, -0.15) is 0 Å². The van der Waals surface area contributed by atoms with Crippen molar-refractivity contribution in [2.75, 3.05) is 0 Å². The molecule has 0 aromatic carbocycles. The average Bonchev–Trinajstić information content (AvgIpc) is 2.57. The van der Waals surface area contributed by atoms with Gasteiger partial charge in [0.2, 0.25) is 0 Å². The summed E-state index contributed by atoms with van der Waals surface area (Å²) in [6, 6.07) is -0.506. The van der Waals surface area contributed by atoms with E-state index in [-0.39, 0.29) is 11.2 Å². The van der Waals surface area contributed by atoms with Gasteiger partial charge in [0.25, 0.3) is 0 Å². The van der Waals surface area contributed by atoms with Crippen LogP contribution in [0.5, 0.6) is 0 Å². The summed E-state index contributed by atoms with van der Waals surface area (Å²) < 4.78 is 21.2. The first-order chi connectivity index (χ1) is 12.1. The molecule has 2 rings (SSSR count). The van der Waals surface area contributed by atoms with Crippen molar-refractivity contribution >= 4 is 23.1 Å². The van der Waals surface area contributed by atoms with Crippen molar-refractivity contribution in [3.63, 3.8) is 0 Å². The Morgan fingerprint density at radius 2 is 1.92 bits per heavy atom. The molecule has 2 aliphatic heterocycles. The van der Waals surface area contributed by atoms with Crippen molar-refractivity contribution in [2.24, 2.45) is 5.92 Å². The first kappa shape index (κ1) is 22.1. The Labute approximate surface area is 163 Å². The van der Waals surface area contributed by atoms with Crippen molar-refractivity contribution in [3.05, 3.63) is 12.2 Å². The molecule has 0 saturated carbocycles. The summed E-state index contributed by atoms with van der Waals surface area (Å²) >= 11 is -0.140. The lowest BCUT2D eigenvalue weighted by atomic mass is 9.88. The summed E-state index contributed by atoms with van der Waals surface area (Å²) in [6.45, 7) is 7.48. The zero-order valence-electron chi connectivity index (χ0n) is 15.5. The van der Waals surface area contributed by atoms with Crippen LogP contribution in [0.4, 0.5) is 0 Å². The molecule has 148 valence electrons. The van der Waals surface area contributed by atoms with Crippen LogP contribution >= 0.6 is 11.8 Å². The van der Waals surface area contributed by atoms with Crippen molar-refractivity contribution in [1.82, 2.24) is 4.72 Å². The van der Waals surface area contributed by atoms with Gasteiger partial charge < -0.3 is 24.6 Å². The van der Waals surface area contributed by atoms with Gasteiger partial charge in [0, 0.05) is 11.4 Å². The fourth-order valence-electron chi connectivity index (χ4n) is 2.92. The monoisotopic (exact) mass is 403 g/mol. The predicted molar refractivity (Wildman–Crippen MR) is 105 cm³/mol. The normalized spacial score (nSPS) is 42.7. The second-order valence-electron chi connectivity index (χ2n) is 7.78. The van der Waals surface area contributed by atoms with Gasteiger partial charge >= 0.3 is 0 Å². The number of aliphatic hydroxyl groups is 3. The van der Waals surface area contributed by atoms with E-state index in [4.69, 9.17) is 11.2 Å². The Kier molecular flexibility index (Phi) is 7.50. The smallest absolute Gasteiger partial charge is 0.136 e. The lowest BCUT2D eigenvalue weighted by Gasteiger charge is -2.45. The quantitative estimate of drug-likeness (QED) is 0.303. The number of ether oxygens (including phenoxy) is 1. The Morgan fingerprint density at radius 3 is 2.50 bits per heavy atom. The highest BCUT2D eigenvalue weighted by Gasteiger charge is 2.50. The molecule has 1 saturated heterocycles. The van der Waals surface area contributed by atoms with E-state index in [0.717, 1.165) is 0 Å². The van der Waals surface area contributed by atoms with Gasteiger partial charge in [0.1, 0.15) is 34.6 Å². The van der Waals surface area contributed by atoms with E-state index in [1.807, 2.05) is 39.8 Å². The zero-order valence-corrected chi connectivity index (χ0v) is 17.2. The second kappa shape index (κ2) is 8.84. The van der Waals surface area contributed by atoms with E-state index in [2.05, 4.69) is 10.6 Å². The molecule has 4 N–H and O–H groups in total.